The lowest BCUT2D eigenvalue weighted by Crippen LogP contribution is -2.56. The summed E-state index contributed by atoms with van der Waals surface area (Å²) >= 11 is 0. The zero-order valence-corrected chi connectivity index (χ0v) is 14.6. The summed E-state index contributed by atoms with van der Waals surface area (Å²) in [5.74, 6) is 3.13. The number of fused-ring (bicyclic) bond motifs is 5. The second kappa shape index (κ2) is 4.72. The first-order chi connectivity index (χ1) is 10.3. The molecule has 0 aromatic carbocycles. The largest absolute Gasteiger partial charge is 0.393 e. The average Bonchev–Trinajstić information content (AvgIpc) is 2.70. The van der Waals surface area contributed by atoms with Crippen molar-refractivity contribution >= 4 is 0 Å². The molecule has 4 aliphatic carbocycles. The van der Waals surface area contributed by atoms with E-state index in [-0.39, 0.29) is 11.5 Å². The Hall–Kier alpha value is -0.0800. The summed E-state index contributed by atoms with van der Waals surface area (Å²) in [7, 11) is 0. The van der Waals surface area contributed by atoms with E-state index in [0.29, 0.717) is 5.41 Å². The van der Waals surface area contributed by atoms with Crippen LogP contribution in [0.25, 0.3) is 0 Å². The van der Waals surface area contributed by atoms with Crippen LogP contribution < -0.4 is 0 Å². The number of rotatable bonds is 0. The molecule has 2 N–H and O–H groups in total. The van der Waals surface area contributed by atoms with Crippen molar-refractivity contribution in [3.63, 3.8) is 0 Å². The van der Waals surface area contributed by atoms with Crippen LogP contribution in [0.4, 0.5) is 0 Å². The minimum atomic E-state index is -0.455. The van der Waals surface area contributed by atoms with Gasteiger partial charge < -0.3 is 10.2 Å². The van der Waals surface area contributed by atoms with Crippen LogP contribution in [0.5, 0.6) is 0 Å². The zero-order chi connectivity index (χ0) is 15.8. The maximum absolute atomic E-state index is 10.9. The van der Waals surface area contributed by atoms with Crippen LogP contribution in [0, 0.1) is 34.5 Å². The Kier molecular flexibility index (Phi) is 3.32. The van der Waals surface area contributed by atoms with Gasteiger partial charge in [-0.1, -0.05) is 13.8 Å². The van der Waals surface area contributed by atoms with Crippen molar-refractivity contribution in [1.82, 2.24) is 0 Å². The molecule has 0 radical (unpaired) electrons. The van der Waals surface area contributed by atoms with Crippen molar-refractivity contribution < 1.29 is 10.2 Å². The highest BCUT2D eigenvalue weighted by Gasteiger charge is 2.63. The van der Waals surface area contributed by atoms with Gasteiger partial charge in [-0.25, -0.2) is 0 Å². The van der Waals surface area contributed by atoms with Gasteiger partial charge in [0.2, 0.25) is 0 Å². The average molecular weight is 306 g/mol. The molecule has 4 saturated carbocycles. The molecule has 0 unspecified atom stereocenters. The number of hydrogen-bond donors (Lipinski definition) is 2. The highest BCUT2D eigenvalue weighted by Crippen LogP contribution is 2.68. The van der Waals surface area contributed by atoms with E-state index in [4.69, 9.17) is 0 Å². The molecule has 0 saturated heterocycles. The van der Waals surface area contributed by atoms with E-state index >= 15 is 0 Å². The van der Waals surface area contributed by atoms with Crippen molar-refractivity contribution in [1.29, 1.82) is 0 Å². The molecule has 0 spiro atoms. The second-order valence-electron chi connectivity index (χ2n) is 9.85. The summed E-state index contributed by atoms with van der Waals surface area (Å²) in [6, 6.07) is 0. The molecule has 4 aliphatic rings. The molecule has 4 rings (SSSR count). The van der Waals surface area contributed by atoms with Gasteiger partial charge in [0, 0.05) is 0 Å². The second-order valence-corrected chi connectivity index (χ2v) is 9.85. The molecule has 0 bridgehead atoms. The fraction of sp³-hybridized carbons (Fsp3) is 1.00. The van der Waals surface area contributed by atoms with E-state index in [1.54, 1.807) is 0 Å². The van der Waals surface area contributed by atoms with Gasteiger partial charge >= 0.3 is 0 Å². The lowest BCUT2D eigenvalue weighted by atomic mass is 9.44. The summed E-state index contributed by atoms with van der Waals surface area (Å²) in [5, 5.41) is 21.0. The molecule has 22 heavy (non-hydrogen) atoms. The first kappa shape index (κ1) is 15.4. The van der Waals surface area contributed by atoms with Crippen molar-refractivity contribution in [2.24, 2.45) is 34.5 Å². The van der Waals surface area contributed by atoms with Crippen LogP contribution in [0.3, 0.4) is 0 Å². The normalized spacial score (nSPS) is 61.2. The Bertz CT molecular complexity index is 459. The molecule has 0 amide bonds. The molecule has 8 atom stereocenters. The summed E-state index contributed by atoms with van der Waals surface area (Å²) in [4.78, 5) is 0. The van der Waals surface area contributed by atoms with E-state index < -0.39 is 5.60 Å². The molecule has 2 nitrogen and oxygen atoms in total. The van der Waals surface area contributed by atoms with Crippen molar-refractivity contribution in [2.75, 3.05) is 0 Å². The summed E-state index contributed by atoms with van der Waals surface area (Å²) < 4.78 is 0. The van der Waals surface area contributed by atoms with E-state index in [1.165, 1.54) is 38.5 Å². The maximum atomic E-state index is 10.9. The number of hydrogen-bond acceptors (Lipinski definition) is 2. The molecular weight excluding hydrogens is 272 g/mol. The Morgan fingerprint density at radius 3 is 2.32 bits per heavy atom. The first-order valence-corrected chi connectivity index (χ1v) is 9.68. The van der Waals surface area contributed by atoms with Crippen LogP contribution in [0.2, 0.25) is 0 Å². The highest BCUT2D eigenvalue weighted by atomic mass is 16.3. The van der Waals surface area contributed by atoms with E-state index in [9.17, 15) is 10.2 Å². The minimum absolute atomic E-state index is 0.0457. The Balaban J connectivity index is 1.64. The Labute approximate surface area is 135 Å². The van der Waals surface area contributed by atoms with Gasteiger partial charge in [0.1, 0.15) is 0 Å². The van der Waals surface area contributed by atoms with Gasteiger partial charge in [-0.15, -0.1) is 0 Å². The molecule has 0 aliphatic heterocycles. The molecule has 126 valence electrons. The van der Waals surface area contributed by atoms with Crippen molar-refractivity contribution in [2.45, 2.75) is 90.3 Å². The zero-order valence-electron chi connectivity index (χ0n) is 14.6. The lowest BCUT2D eigenvalue weighted by molar-refractivity contribution is -0.153. The predicted octanol–water partition coefficient (Wildman–Crippen LogP) is 4.14. The molecular formula is C20H34O2. The quantitative estimate of drug-likeness (QED) is 0.706. The smallest absolute Gasteiger partial charge is 0.0675 e. The third-order valence-electron chi connectivity index (χ3n) is 9.20. The SMILES string of the molecule is C[C@]12CC[C@@H](O)C[C@@H]1CC[C@H]1[C@H]2CC[C@@]2(C)[C@@H]1CC[C@]2(C)O. The summed E-state index contributed by atoms with van der Waals surface area (Å²) in [6.07, 6.45) is 10.6. The predicted molar refractivity (Wildman–Crippen MR) is 88.4 cm³/mol. The van der Waals surface area contributed by atoms with Crippen LogP contribution in [0.15, 0.2) is 0 Å². The maximum Gasteiger partial charge on any atom is 0.0675 e. The first-order valence-electron chi connectivity index (χ1n) is 9.68. The lowest BCUT2D eigenvalue weighted by Gasteiger charge is -2.61. The van der Waals surface area contributed by atoms with Gasteiger partial charge in [0.15, 0.2) is 0 Å². The minimum Gasteiger partial charge on any atom is -0.393 e. The number of aliphatic hydroxyl groups is 2. The Morgan fingerprint density at radius 1 is 0.818 bits per heavy atom. The van der Waals surface area contributed by atoms with Crippen LogP contribution in [-0.2, 0) is 0 Å². The van der Waals surface area contributed by atoms with Gasteiger partial charge in [-0.05, 0) is 99.2 Å². The fourth-order valence-corrected chi connectivity index (χ4v) is 7.48. The third-order valence-corrected chi connectivity index (χ3v) is 9.20. The summed E-state index contributed by atoms with van der Waals surface area (Å²) in [6.45, 7) is 7.01. The van der Waals surface area contributed by atoms with E-state index in [0.717, 1.165) is 42.9 Å². The van der Waals surface area contributed by atoms with Crippen molar-refractivity contribution in [3.05, 3.63) is 0 Å². The van der Waals surface area contributed by atoms with Gasteiger partial charge in [0.25, 0.3) is 0 Å². The summed E-state index contributed by atoms with van der Waals surface area (Å²) in [5.41, 5.74) is 0.145. The van der Waals surface area contributed by atoms with Crippen molar-refractivity contribution in [3.8, 4) is 0 Å². The molecule has 4 fully saturated rings. The van der Waals surface area contributed by atoms with E-state index in [1.807, 2.05) is 0 Å². The van der Waals surface area contributed by atoms with Gasteiger partial charge in [0.05, 0.1) is 11.7 Å². The van der Waals surface area contributed by atoms with Gasteiger partial charge in [-0.3, -0.25) is 0 Å². The monoisotopic (exact) mass is 306 g/mol. The fourth-order valence-electron chi connectivity index (χ4n) is 7.48. The third kappa shape index (κ3) is 1.86. The van der Waals surface area contributed by atoms with Crippen LogP contribution >= 0.6 is 0 Å². The Morgan fingerprint density at radius 2 is 1.55 bits per heavy atom. The molecule has 0 aromatic rings. The van der Waals surface area contributed by atoms with Crippen LogP contribution in [0.1, 0.15) is 78.6 Å². The van der Waals surface area contributed by atoms with E-state index in [2.05, 4.69) is 20.8 Å². The highest BCUT2D eigenvalue weighted by molar-refractivity contribution is 5.12. The van der Waals surface area contributed by atoms with Gasteiger partial charge in [-0.2, -0.15) is 0 Å². The molecule has 0 heterocycles. The topological polar surface area (TPSA) is 40.5 Å². The number of aliphatic hydroxyl groups excluding tert-OH is 1. The molecule has 2 heteroatoms. The van der Waals surface area contributed by atoms with Crippen LogP contribution in [-0.4, -0.2) is 21.9 Å². The standard InChI is InChI=1S/C20H34O2/c1-18-9-6-14(21)12-13(18)4-5-15-16(18)7-10-19(2)17(15)8-11-20(19,3)22/h13-17,21-22H,4-12H2,1-3H3/t13-,14+,15-,16+,17+,18-,19-,20-/m0/s1. The molecule has 0 aromatic heterocycles.